The summed E-state index contributed by atoms with van der Waals surface area (Å²) in [5, 5.41) is 5.48. The fourth-order valence-corrected chi connectivity index (χ4v) is 2.85. The Morgan fingerprint density at radius 1 is 1.05 bits per heavy atom. The van der Waals surface area contributed by atoms with E-state index in [1.165, 1.54) is 16.0 Å². The number of hydrogen-bond donors (Lipinski definition) is 1. The lowest BCUT2D eigenvalue weighted by atomic mass is 10.1. The molecular weight excluding hydrogens is 252 g/mol. The van der Waals surface area contributed by atoms with E-state index >= 15 is 0 Å². The van der Waals surface area contributed by atoms with E-state index in [-0.39, 0.29) is 0 Å². The SMILES string of the molecule is CCNCc1ccc(CN(C)Cc2cccs2)cc1. The first-order chi connectivity index (χ1) is 9.28. The van der Waals surface area contributed by atoms with Crippen molar-refractivity contribution in [3.63, 3.8) is 0 Å². The molecule has 102 valence electrons. The Labute approximate surface area is 120 Å². The summed E-state index contributed by atoms with van der Waals surface area (Å²) in [6.45, 7) is 6.14. The second kappa shape index (κ2) is 7.43. The first-order valence-electron chi connectivity index (χ1n) is 6.77. The summed E-state index contributed by atoms with van der Waals surface area (Å²) in [6.07, 6.45) is 0. The van der Waals surface area contributed by atoms with Gasteiger partial charge in [0.25, 0.3) is 0 Å². The van der Waals surface area contributed by atoms with Crippen molar-refractivity contribution in [2.45, 2.75) is 26.6 Å². The first kappa shape index (κ1) is 14.3. The van der Waals surface area contributed by atoms with Crippen molar-refractivity contribution in [1.29, 1.82) is 0 Å². The zero-order valence-electron chi connectivity index (χ0n) is 11.7. The Morgan fingerprint density at radius 3 is 2.42 bits per heavy atom. The van der Waals surface area contributed by atoms with E-state index in [1.54, 1.807) is 0 Å². The standard InChI is InChI=1S/C16H22N2S/c1-3-17-11-14-6-8-15(9-7-14)12-18(2)13-16-5-4-10-19-16/h4-10,17H,3,11-13H2,1-2H3. The van der Waals surface area contributed by atoms with E-state index in [0.29, 0.717) is 0 Å². The average Bonchev–Trinajstić information content (AvgIpc) is 2.90. The predicted octanol–water partition coefficient (Wildman–Crippen LogP) is 3.49. The van der Waals surface area contributed by atoms with Gasteiger partial charge in [0.1, 0.15) is 0 Å². The van der Waals surface area contributed by atoms with Crippen LogP contribution in [0.25, 0.3) is 0 Å². The highest BCUT2D eigenvalue weighted by molar-refractivity contribution is 7.09. The highest BCUT2D eigenvalue weighted by Gasteiger charge is 2.02. The van der Waals surface area contributed by atoms with Crippen molar-refractivity contribution < 1.29 is 0 Å². The van der Waals surface area contributed by atoms with E-state index in [9.17, 15) is 0 Å². The van der Waals surface area contributed by atoms with Crippen LogP contribution in [0.2, 0.25) is 0 Å². The van der Waals surface area contributed by atoms with Gasteiger partial charge in [0.2, 0.25) is 0 Å². The third-order valence-corrected chi connectivity index (χ3v) is 3.92. The van der Waals surface area contributed by atoms with Gasteiger partial charge in [-0.05, 0) is 36.2 Å². The number of benzene rings is 1. The zero-order valence-corrected chi connectivity index (χ0v) is 12.5. The monoisotopic (exact) mass is 274 g/mol. The first-order valence-corrected chi connectivity index (χ1v) is 7.65. The van der Waals surface area contributed by atoms with Crippen LogP contribution < -0.4 is 5.32 Å². The van der Waals surface area contributed by atoms with Crippen LogP contribution in [-0.4, -0.2) is 18.5 Å². The molecule has 0 bridgehead atoms. The van der Waals surface area contributed by atoms with E-state index in [2.05, 4.69) is 66.0 Å². The second-order valence-corrected chi connectivity index (χ2v) is 5.88. The molecule has 2 rings (SSSR count). The van der Waals surface area contributed by atoms with Crippen molar-refractivity contribution in [3.8, 4) is 0 Å². The largest absolute Gasteiger partial charge is 0.313 e. The molecule has 0 unspecified atom stereocenters. The summed E-state index contributed by atoms with van der Waals surface area (Å²) in [7, 11) is 2.17. The van der Waals surface area contributed by atoms with Gasteiger partial charge < -0.3 is 5.32 Å². The van der Waals surface area contributed by atoms with Gasteiger partial charge in [-0.25, -0.2) is 0 Å². The predicted molar refractivity (Wildman–Crippen MR) is 83.3 cm³/mol. The molecule has 0 radical (unpaired) electrons. The van der Waals surface area contributed by atoms with Crippen LogP contribution in [0.15, 0.2) is 41.8 Å². The quantitative estimate of drug-likeness (QED) is 0.831. The van der Waals surface area contributed by atoms with E-state index in [0.717, 1.165) is 26.2 Å². The molecule has 0 aliphatic heterocycles. The van der Waals surface area contributed by atoms with Gasteiger partial charge >= 0.3 is 0 Å². The average molecular weight is 274 g/mol. The molecule has 2 aromatic rings. The highest BCUT2D eigenvalue weighted by atomic mass is 32.1. The molecule has 0 spiro atoms. The maximum atomic E-state index is 3.35. The fraction of sp³-hybridized carbons (Fsp3) is 0.375. The number of hydrogen-bond acceptors (Lipinski definition) is 3. The van der Waals surface area contributed by atoms with Crippen molar-refractivity contribution in [1.82, 2.24) is 10.2 Å². The Morgan fingerprint density at radius 2 is 1.79 bits per heavy atom. The molecular formula is C16H22N2S. The second-order valence-electron chi connectivity index (χ2n) is 4.85. The smallest absolute Gasteiger partial charge is 0.0328 e. The third-order valence-electron chi connectivity index (χ3n) is 3.06. The number of nitrogens with one attached hydrogen (secondary N) is 1. The molecule has 0 saturated carbocycles. The minimum Gasteiger partial charge on any atom is -0.313 e. The van der Waals surface area contributed by atoms with Crippen LogP contribution >= 0.6 is 11.3 Å². The third kappa shape index (κ3) is 4.78. The highest BCUT2D eigenvalue weighted by Crippen LogP contribution is 2.13. The van der Waals surface area contributed by atoms with Crippen LogP contribution in [-0.2, 0) is 19.6 Å². The summed E-state index contributed by atoms with van der Waals surface area (Å²) in [4.78, 5) is 3.77. The Balaban J connectivity index is 1.84. The lowest BCUT2D eigenvalue weighted by Gasteiger charge is -2.16. The van der Waals surface area contributed by atoms with Crippen LogP contribution in [0.4, 0.5) is 0 Å². The molecule has 1 N–H and O–H groups in total. The molecule has 1 heterocycles. The number of thiophene rings is 1. The van der Waals surface area contributed by atoms with Crippen molar-refractivity contribution in [2.24, 2.45) is 0 Å². The summed E-state index contributed by atoms with van der Waals surface area (Å²) < 4.78 is 0. The van der Waals surface area contributed by atoms with Crippen LogP contribution in [0, 0.1) is 0 Å². The summed E-state index contributed by atoms with van der Waals surface area (Å²) >= 11 is 1.82. The van der Waals surface area contributed by atoms with Gasteiger partial charge in [0, 0.05) is 24.5 Å². The lowest BCUT2D eigenvalue weighted by Crippen LogP contribution is -2.16. The van der Waals surface area contributed by atoms with E-state index in [4.69, 9.17) is 0 Å². The molecule has 19 heavy (non-hydrogen) atoms. The minimum atomic E-state index is 0.960. The molecule has 3 heteroatoms. The van der Waals surface area contributed by atoms with E-state index < -0.39 is 0 Å². The summed E-state index contributed by atoms with van der Waals surface area (Å²) in [6, 6.07) is 13.2. The number of nitrogens with zero attached hydrogens (tertiary/aromatic N) is 1. The summed E-state index contributed by atoms with van der Waals surface area (Å²) in [5.41, 5.74) is 2.73. The molecule has 0 atom stereocenters. The van der Waals surface area contributed by atoms with Gasteiger partial charge in [-0.1, -0.05) is 37.3 Å². The van der Waals surface area contributed by atoms with Crippen molar-refractivity contribution >= 4 is 11.3 Å². The Kier molecular flexibility index (Phi) is 5.58. The topological polar surface area (TPSA) is 15.3 Å². The zero-order chi connectivity index (χ0) is 13.5. The van der Waals surface area contributed by atoms with Gasteiger partial charge in [-0.3, -0.25) is 4.90 Å². The fourth-order valence-electron chi connectivity index (χ4n) is 2.07. The van der Waals surface area contributed by atoms with Gasteiger partial charge in [0.05, 0.1) is 0 Å². The molecule has 0 aliphatic carbocycles. The van der Waals surface area contributed by atoms with Crippen molar-refractivity contribution in [3.05, 3.63) is 57.8 Å². The maximum Gasteiger partial charge on any atom is 0.0328 e. The molecule has 0 fully saturated rings. The molecule has 0 amide bonds. The molecule has 1 aromatic heterocycles. The number of rotatable bonds is 7. The maximum absolute atomic E-state index is 3.35. The van der Waals surface area contributed by atoms with Gasteiger partial charge in [-0.15, -0.1) is 11.3 Å². The van der Waals surface area contributed by atoms with Crippen molar-refractivity contribution in [2.75, 3.05) is 13.6 Å². The Bertz CT molecular complexity index is 462. The van der Waals surface area contributed by atoms with Crippen LogP contribution in [0.5, 0.6) is 0 Å². The Hall–Kier alpha value is -1.16. The lowest BCUT2D eigenvalue weighted by molar-refractivity contribution is 0.322. The molecule has 2 nitrogen and oxygen atoms in total. The van der Waals surface area contributed by atoms with Crippen LogP contribution in [0.1, 0.15) is 22.9 Å². The molecule has 1 aromatic carbocycles. The van der Waals surface area contributed by atoms with Crippen LogP contribution in [0.3, 0.4) is 0 Å². The summed E-state index contributed by atoms with van der Waals surface area (Å²) in [5.74, 6) is 0. The normalized spacial score (nSPS) is 11.1. The van der Waals surface area contributed by atoms with Gasteiger partial charge in [-0.2, -0.15) is 0 Å². The minimum absolute atomic E-state index is 0.960. The molecule has 0 saturated heterocycles. The van der Waals surface area contributed by atoms with E-state index in [1.807, 2.05) is 11.3 Å². The molecule has 0 aliphatic rings. The van der Waals surface area contributed by atoms with Gasteiger partial charge in [0.15, 0.2) is 0 Å².